The number of rotatable bonds is 4. The second kappa shape index (κ2) is 6.30. The molecule has 138 valence electrons. The molecule has 1 aromatic carbocycles. The molecule has 2 amide bonds. The molecular formula is C19H25N5O2. The van der Waals surface area contributed by atoms with E-state index in [1.54, 1.807) is 6.92 Å². The number of piperidine rings is 1. The smallest absolute Gasteiger partial charge is 0.320 e. The van der Waals surface area contributed by atoms with Crippen LogP contribution in [0.4, 0.5) is 16.2 Å². The Labute approximate surface area is 153 Å². The Morgan fingerprint density at radius 2 is 2.12 bits per heavy atom. The van der Waals surface area contributed by atoms with Crippen LogP contribution < -0.4 is 15.5 Å². The Balaban J connectivity index is 1.48. The number of aromatic nitrogens is 2. The van der Waals surface area contributed by atoms with E-state index in [2.05, 4.69) is 31.7 Å². The van der Waals surface area contributed by atoms with E-state index in [1.165, 1.54) is 19.3 Å². The molecule has 1 saturated carbocycles. The number of hydrogen-bond acceptors (Lipinski definition) is 5. The lowest BCUT2D eigenvalue weighted by Gasteiger charge is -2.31. The zero-order valence-corrected chi connectivity index (χ0v) is 15.5. The molecule has 7 nitrogen and oxygen atoms in total. The van der Waals surface area contributed by atoms with Crippen molar-refractivity contribution in [2.75, 3.05) is 16.8 Å². The van der Waals surface area contributed by atoms with Crippen molar-refractivity contribution in [1.82, 2.24) is 15.5 Å². The van der Waals surface area contributed by atoms with E-state index < -0.39 is 5.54 Å². The van der Waals surface area contributed by atoms with Crippen molar-refractivity contribution >= 4 is 17.4 Å². The van der Waals surface area contributed by atoms with Crippen LogP contribution in [0.2, 0.25) is 0 Å². The minimum absolute atomic E-state index is 0.289. The van der Waals surface area contributed by atoms with Crippen LogP contribution in [-0.2, 0) is 5.54 Å². The largest absolute Gasteiger partial charge is 0.367 e. The highest BCUT2D eigenvalue weighted by molar-refractivity contribution is 5.93. The van der Waals surface area contributed by atoms with Crippen LogP contribution in [0.1, 0.15) is 44.8 Å². The molecule has 4 rings (SSSR count). The third-order valence-electron chi connectivity index (χ3n) is 5.36. The lowest BCUT2D eigenvalue weighted by atomic mass is 10.1. The molecule has 2 bridgehead atoms. The predicted octanol–water partition coefficient (Wildman–Crippen LogP) is 3.42. The van der Waals surface area contributed by atoms with Gasteiger partial charge in [0.05, 0.1) is 11.4 Å². The van der Waals surface area contributed by atoms with Crippen LogP contribution in [0.15, 0.2) is 28.8 Å². The maximum atomic E-state index is 12.6. The summed E-state index contributed by atoms with van der Waals surface area (Å²) in [7, 11) is 0. The van der Waals surface area contributed by atoms with E-state index in [0.29, 0.717) is 17.8 Å². The quantitative estimate of drug-likeness (QED) is 0.878. The van der Waals surface area contributed by atoms with Crippen LogP contribution in [0, 0.1) is 12.8 Å². The summed E-state index contributed by atoms with van der Waals surface area (Å²) in [5.41, 5.74) is 1.17. The number of carbonyl (C=O) groups is 1. The minimum atomic E-state index is -0.757. The monoisotopic (exact) mass is 355 g/mol. The number of nitrogens with zero attached hydrogens (tertiary/aromatic N) is 3. The highest BCUT2D eigenvalue weighted by Crippen LogP contribution is 2.42. The lowest BCUT2D eigenvalue weighted by Crippen LogP contribution is -2.44. The van der Waals surface area contributed by atoms with E-state index in [1.807, 2.05) is 32.0 Å². The highest BCUT2D eigenvalue weighted by Gasteiger charge is 2.38. The van der Waals surface area contributed by atoms with E-state index in [9.17, 15) is 4.79 Å². The van der Waals surface area contributed by atoms with Gasteiger partial charge in [0, 0.05) is 12.6 Å². The molecule has 2 aromatic rings. The fourth-order valence-corrected chi connectivity index (χ4v) is 4.09. The summed E-state index contributed by atoms with van der Waals surface area (Å²) in [6.45, 7) is 6.51. The molecule has 0 radical (unpaired) electrons. The summed E-state index contributed by atoms with van der Waals surface area (Å²) in [5.74, 6) is 1.72. The molecule has 1 aliphatic heterocycles. The summed E-state index contributed by atoms with van der Waals surface area (Å²) in [4.78, 5) is 19.3. The number of amides is 2. The predicted molar refractivity (Wildman–Crippen MR) is 99.1 cm³/mol. The van der Waals surface area contributed by atoms with Crippen LogP contribution in [0.5, 0.6) is 0 Å². The van der Waals surface area contributed by atoms with Gasteiger partial charge in [-0.2, -0.15) is 4.98 Å². The Morgan fingerprint density at radius 3 is 2.77 bits per heavy atom. The average molecular weight is 355 g/mol. The molecular weight excluding hydrogens is 330 g/mol. The molecule has 2 fully saturated rings. The molecule has 2 aliphatic rings. The normalized spacial score (nSPS) is 21.9. The maximum absolute atomic E-state index is 12.6. The first-order chi connectivity index (χ1) is 12.4. The van der Waals surface area contributed by atoms with E-state index in [0.717, 1.165) is 23.8 Å². The first kappa shape index (κ1) is 16.9. The van der Waals surface area contributed by atoms with Crippen LogP contribution in [0.3, 0.4) is 0 Å². The molecule has 7 heteroatoms. The van der Waals surface area contributed by atoms with Gasteiger partial charge in [0.25, 0.3) is 5.89 Å². The number of para-hydroxylation sites is 2. The SMILES string of the molecule is Cc1noc(C(C)(C)NC(=O)Nc2ccccc2N2CC3CCC2C3)n1. The number of fused-ring (bicyclic) bond motifs is 2. The molecule has 0 spiro atoms. The van der Waals surface area contributed by atoms with Gasteiger partial charge < -0.3 is 20.1 Å². The fraction of sp³-hybridized carbons (Fsp3) is 0.526. The second-order valence-corrected chi connectivity index (χ2v) is 7.85. The number of hydrogen-bond donors (Lipinski definition) is 2. The number of urea groups is 1. The summed E-state index contributed by atoms with van der Waals surface area (Å²) >= 11 is 0. The van der Waals surface area contributed by atoms with E-state index >= 15 is 0 Å². The molecule has 1 aliphatic carbocycles. The molecule has 26 heavy (non-hydrogen) atoms. The second-order valence-electron chi connectivity index (χ2n) is 7.85. The average Bonchev–Trinajstić information content (AvgIpc) is 3.31. The number of benzene rings is 1. The van der Waals surface area contributed by atoms with Gasteiger partial charge in [-0.1, -0.05) is 17.3 Å². The number of aryl methyl sites for hydroxylation is 1. The molecule has 2 N–H and O–H groups in total. The topological polar surface area (TPSA) is 83.3 Å². The van der Waals surface area contributed by atoms with Crippen molar-refractivity contribution in [3.05, 3.63) is 36.0 Å². The van der Waals surface area contributed by atoms with Gasteiger partial charge in [0.1, 0.15) is 5.54 Å². The molecule has 1 saturated heterocycles. The van der Waals surface area contributed by atoms with Gasteiger partial charge in [0.2, 0.25) is 0 Å². The minimum Gasteiger partial charge on any atom is -0.367 e. The number of nitrogens with one attached hydrogen (secondary N) is 2. The highest BCUT2D eigenvalue weighted by atomic mass is 16.5. The standard InChI is InChI=1S/C19H25N5O2/c1-12-20-17(26-23-12)19(2,3)22-18(25)21-15-6-4-5-7-16(15)24-11-13-8-9-14(24)10-13/h4-7,13-14H,8-11H2,1-3H3,(H2,21,22,25). The van der Waals surface area contributed by atoms with Crippen LogP contribution in [0.25, 0.3) is 0 Å². The van der Waals surface area contributed by atoms with Gasteiger partial charge in [-0.05, 0) is 58.1 Å². The van der Waals surface area contributed by atoms with Gasteiger partial charge in [-0.25, -0.2) is 4.79 Å². The Hall–Kier alpha value is -2.57. The van der Waals surface area contributed by atoms with Crippen molar-refractivity contribution in [1.29, 1.82) is 0 Å². The molecule has 1 aromatic heterocycles. The zero-order valence-electron chi connectivity index (χ0n) is 15.5. The molecule has 2 heterocycles. The van der Waals surface area contributed by atoms with Crippen LogP contribution in [-0.4, -0.2) is 28.8 Å². The van der Waals surface area contributed by atoms with Gasteiger partial charge in [0.15, 0.2) is 5.82 Å². The Morgan fingerprint density at radius 1 is 1.31 bits per heavy atom. The zero-order chi connectivity index (χ0) is 18.3. The van der Waals surface area contributed by atoms with E-state index in [-0.39, 0.29) is 6.03 Å². The van der Waals surface area contributed by atoms with Gasteiger partial charge in [-0.15, -0.1) is 0 Å². The Kier molecular flexibility index (Phi) is 4.09. The first-order valence-corrected chi connectivity index (χ1v) is 9.18. The summed E-state index contributed by atoms with van der Waals surface area (Å²) in [5, 5.41) is 9.72. The van der Waals surface area contributed by atoms with Crippen molar-refractivity contribution in [3.63, 3.8) is 0 Å². The van der Waals surface area contributed by atoms with Gasteiger partial charge in [-0.3, -0.25) is 0 Å². The third-order valence-corrected chi connectivity index (χ3v) is 5.36. The van der Waals surface area contributed by atoms with E-state index in [4.69, 9.17) is 4.52 Å². The molecule has 2 atom stereocenters. The van der Waals surface area contributed by atoms with Crippen LogP contribution >= 0.6 is 0 Å². The first-order valence-electron chi connectivity index (χ1n) is 9.18. The Bertz CT molecular complexity index is 816. The maximum Gasteiger partial charge on any atom is 0.320 e. The van der Waals surface area contributed by atoms with Gasteiger partial charge >= 0.3 is 6.03 Å². The summed E-state index contributed by atoms with van der Waals surface area (Å²) < 4.78 is 5.21. The third kappa shape index (κ3) is 3.13. The van der Waals surface area contributed by atoms with Crippen molar-refractivity contribution < 1.29 is 9.32 Å². The van der Waals surface area contributed by atoms with Crippen molar-refractivity contribution in [2.24, 2.45) is 5.92 Å². The lowest BCUT2D eigenvalue weighted by molar-refractivity contribution is 0.228. The number of anilines is 2. The van der Waals surface area contributed by atoms with Crippen molar-refractivity contribution in [2.45, 2.75) is 51.6 Å². The van der Waals surface area contributed by atoms with Crippen molar-refractivity contribution in [3.8, 4) is 0 Å². The summed E-state index contributed by atoms with van der Waals surface area (Å²) in [6, 6.07) is 8.31. The molecule has 2 unspecified atom stereocenters. The fourth-order valence-electron chi connectivity index (χ4n) is 4.09. The summed E-state index contributed by atoms with van der Waals surface area (Å²) in [6.07, 6.45) is 3.84. The number of carbonyl (C=O) groups excluding carboxylic acids is 1.